The van der Waals surface area contributed by atoms with Crippen LogP contribution in [-0.4, -0.2) is 54.8 Å². The van der Waals surface area contributed by atoms with Crippen molar-refractivity contribution in [3.63, 3.8) is 0 Å². The van der Waals surface area contributed by atoms with Crippen LogP contribution in [0.3, 0.4) is 0 Å². The van der Waals surface area contributed by atoms with Crippen LogP contribution >= 0.6 is 0 Å². The van der Waals surface area contributed by atoms with Crippen molar-refractivity contribution in [2.75, 3.05) is 6.61 Å². The summed E-state index contributed by atoms with van der Waals surface area (Å²) < 4.78 is 11.2. The first-order valence-electron chi connectivity index (χ1n) is 6.38. The van der Waals surface area contributed by atoms with Gasteiger partial charge >= 0.3 is 0 Å². The summed E-state index contributed by atoms with van der Waals surface area (Å²) in [7, 11) is -1.92. The third-order valence-electron chi connectivity index (χ3n) is 3.96. The average molecular weight is 278 g/mol. The lowest BCUT2D eigenvalue weighted by Gasteiger charge is -2.40. The number of aliphatic hydroxyl groups is 3. The Bertz CT molecular complexity index is 276. The van der Waals surface area contributed by atoms with E-state index in [1.165, 1.54) is 0 Å². The lowest BCUT2D eigenvalue weighted by molar-refractivity contribution is -0.238. The number of hydrogen-bond acceptors (Lipinski definition) is 5. The van der Waals surface area contributed by atoms with Crippen LogP contribution in [0.1, 0.15) is 27.2 Å². The van der Waals surface area contributed by atoms with Crippen LogP contribution in [0.2, 0.25) is 18.1 Å². The largest absolute Gasteiger partial charge is 0.414 e. The predicted molar refractivity (Wildman–Crippen MR) is 70.7 cm³/mol. The Morgan fingerprint density at radius 2 is 1.78 bits per heavy atom. The molecule has 0 spiro atoms. The molecule has 1 fully saturated rings. The molecule has 1 aliphatic heterocycles. The molecule has 4 atom stereocenters. The van der Waals surface area contributed by atoms with E-state index in [2.05, 4.69) is 33.9 Å². The van der Waals surface area contributed by atoms with E-state index in [9.17, 15) is 15.3 Å². The Kier molecular flexibility index (Phi) is 4.97. The predicted octanol–water partition coefficient (Wildman–Crippen LogP) is 0.837. The summed E-state index contributed by atoms with van der Waals surface area (Å²) in [6.45, 7) is 10.8. The Labute approximate surface area is 110 Å². The van der Waals surface area contributed by atoms with E-state index >= 15 is 0 Å². The highest BCUT2D eigenvalue weighted by Crippen LogP contribution is 2.37. The molecule has 18 heavy (non-hydrogen) atoms. The summed E-state index contributed by atoms with van der Waals surface area (Å²) in [5.41, 5.74) is 0. The zero-order valence-corrected chi connectivity index (χ0v) is 12.9. The second-order valence-corrected chi connectivity index (χ2v) is 11.3. The summed E-state index contributed by atoms with van der Waals surface area (Å²) in [5, 5.41) is 28.9. The summed E-state index contributed by atoms with van der Waals surface area (Å²) >= 11 is 0. The van der Waals surface area contributed by atoms with Crippen LogP contribution < -0.4 is 0 Å². The van der Waals surface area contributed by atoms with Crippen LogP contribution in [0.5, 0.6) is 0 Å². The van der Waals surface area contributed by atoms with E-state index < -0.39 is 32.9 Å². The van der Waals surface area contributed by atoms with Crippen LogP contribution in [0.25, 0.3) is 0 Å². The van der Waals surface area contributed by atoms with Crippen molar-refractivity contribution in [1.82, 2.24) is 0 Å². The maximum absolute atomic E-state index is 9.80. The molecule has 1 heterocycles. The zero-order chi connectivity index (χ0) is 14.1. The minimum Gasteiger partial charge on any atom is -0.414 e. The first-order chi connectivity index (χ1) is 8.04. The fourth-order valence-electron chi connectivity index (χ4n) is 1.58. The molecule has 1 saturated heterocycles. The number of rotatable bonds is 3. The molecular weight excluding hydrogens is 252 g/mol. The second-order valence-electron chi connectivity index (χ2n) is 6.49. The molecule has 0 aromatic carbocycles. The van der Waals surface area contributed by atoms with Crippen molar-refractivity contribution in [3.8, 4) is 0 Å². The quantitative estimate of drug-likeness (QED) is 0.667. The van der Waals surface area contributed by atoms with E-state index in [-0.39, 0.29) is 18.1 Å². The topological polar surface area (TPSA) is 79.2 Å². The van der Waals surface area contributed by atoms with Crippen LogP contribution in [0.4, 0.5) is 0 Å². The van der Waals surface area contributed by atoms with Crippen LogP contribution in [0.15, 0.2) is 0 Å². The smallest absolute Gasteiger partial charge is 0.192 e. The summed E-state index contributed by atoms with van der Waals surface area (Å²) in [6, 6.07) is 0. The van der Waals surface area contributed by atoms with Gasteiger partial charge in [-0.25, -0.2) is 0 Å². The average Bonchev–Trinajstić information content (AvgIpc) is 2.19. The van der Waals surface area contributed by atoms with E-state index in [4.69, 9.17) is 9.16 Å². The SMILES string of the molecule is CC(C)(C)[Si](C)(C)OC[C@H]1O[C@H](O)C[C@@H](O)[C@@H]1O. The standard InChI is InChI=1S/C12H26O5Si/c1-12(2,3)18(4,5)16-7-9-11(15)8(13)6-10(14)17-9/h8-11,13-15H,6-7H2,1-5H3/t8-,9-,10+,11+/m1/s1. The molecule has 0 aliphatic carbocycles. The molecular formula is C12H26O5Si. The third-order valence-corrected chi connectivity index (χ3v) is 8.47. The molecule has 6 heteroatoms. The Balaban J connectivity index is 2.57. The van der Waals surface area contributed by atoms with Crippen molar-refractivity contribution in [2.24, 2.45) is 0 Å². The van der Waals surface area contributed by atoms with Crippen molar-refractivity contribution >= 4 is 8.32 Å². The number of aliphatic hydroxyl groups excluding tert-OH is 3. The molecule has 0 amide bonds. The van der Waals surface area contributed by atoms with Gasteiger partial charge in [0.05, 0.1) is 12.7 Å². The van der Waals surface area contributed by atoms with Gasteiger partial charge in [0.25, 0.3) is 0 Å². The summed E-state index contributed by atoms with van der Waals surface area (Å²) in [5.74, 6) is 0. The molecule has 0 radical (unpaired) electrons. The monoisotopic (exact) mass is 278 g/mol. The van der Waals surface area contributed by atoms with Crippen molar-refractivity contribution in [3.05, 3.63) is 0 Å². The molecule has 1 rings (SSSR count). The van der Waals surface area contributed by atoms with E-state index in [0.717, 1.165) is 0 Å². The van der Waals surface area contributed by atoms with Gasteiger partial charge in [-0.15, -0.1) is 0 Å². The van der Waals surface area contributed by atoms with Gasteiger partial charge in [-0.3, -0.25) is 0 Å². The third kappa shape index (κ3) is 3.75. The first kappa shape index (κ1) is 16.1. The van der Waals surface area contributed by atoms with E-state index in [1.54, 1.807) is 0 Å². The Morgan fingerprint density at radius 1 is 1.22 bits per heavy atom. The van der Waals surface area contributed by atoms with Crippen molar-refractivity contribution in [1.29, 1.82) is 0 Å². The normalized spacial score (nSPS) is 34.7. The molecule has 1 aliphatic rings. The van der Waals surface area contributed by atoms with Gasteiger partial charge in [-0.05, 0) is 18.1 Å². The highest BCUT2D eigenvalue weighted by molar-refractivity contribution is 6.74. The molecule has 0 bridgehead atoms. The summed E-state index contributed by atoms with van der Waals surface area (Å²) in [6.07, 6.45) is -3.62. The minimum atomic E-state index is -1.92. The molecule has 108 valence electrons. The molecule has 5 nitrogen and oxygen atoms in total. The molecule has 0 aromatic rings. The van der Waals surface area contributed by atoms with Gasteiger partial charge in [0.1, 0.15) is 12.2 Å². The highest BCUT2D eigenvalue weighted by Gasteiger charge is 2.41. The van der Waals surface area contributed by atoms with Gasteiger partial charge < -0.3 is 24.5 Å². The number of ether oxygens (including phenoxy) is 1. The molecule has 0 unspecified atom stereocenters. The van der Waals surface area contributed by atoms with Crippen LogP contribution in [-0.2, 0) is 9.16 Å². The molecule has 3 N–H and O–H groups in total. The van der Waals surface area contributed by atoms with Crippen molar-refractivity contribution < 1.29 is 24.5 Å². The maximum Gasteiger partial charge on any atom is 0.192 e. The highest BCUT2D eigenvalue weighted by atomic mass is 28.4. The fraction of sp³-hybridized carbons (Fsp3) is 1.00. The van der Waals surface area contributed by atoms with Gasteiger partial charge in [0.2, 0.25) is 0 Å². The van der Waals surface area contributed by atoms with Gasteiger partial charge in [-0.1, -0.05) is 20.8 Å². The molecule has 0 saturated carbocycles. The second kappa shape index (κ2) is 5.56. The van der Waals surface area contributed by atoms with Gasteiger partial charge in [0.15, 0.2) is 14.6 Å². The summed E-state index contributed by atoms with van der Waals surface area (Å²) in [4.78, 5) is 0. The fourth-order valence-corrected chi connectivity index (χ4v) is 2.59. The zero-order valence-electron chi connectivity index (χ0n) is 11.9. The Morgan fingerprint density at radius 3 is 2.28 bits per heavy atom. The lowest BCUT2D eigenvalue weighted by Crippen LogP contribution is -2.52. The van der Waals surface area contributed by atoms with Gasteiger partial charge in [0, 0.05) is 6.42 Å². The minimum absolute atomic E-state index is 0.0394. The van der Waals surface area contributed by atoms with E-state index in [1.807, 2.05) is 0 Å². The van der Waals surface area contributed by atoms with Gasteiger partial charge in [-0.2, -0.15) is 0 Å². The lowest BCUT2D eigenvalue weighted by atomic mass is 10.0. The number of hydrogen-bond donors (Lipinski definition) is 3. The van der Waals surface area contributed by atoms with Crippen LogP contribution in [0, 0.1) is 0 Å². The first-order valence-corrected chi connectivity index (χ1v) is 9.29. The maximum atomic E-state index is 9.80. The van der Waals surface area contributed by atoms with E-state index in [0.29, 0.717) is 0 Å². The molecule has 0 aromatic heterocycles. The Hall–Kier alpha value is 0.0169. The van der Waals surface area contributed by atoms with Crippen molar-refractivity contribution in [2.45, 2.75) is 69.9 Å².